The van der Waals surface area contributed by atoms with Crippen molar-refractivity contribution in [3.05, 3.63) is 27.6 Å². The van der Waals surface area contributed by atoms with Crippen LogP contribution in [0.15, 0.2) is 18.2 Å². The zero-order valence-electron chi connectivity index (χ0n) is 10.2. The second-order valence-corrected chi connectivity index (χ2v) is 5.29. The summed E-state index contributed by atoms with van der Waals surface area (Å²) < 4.78 is 13.6. The Morgan fingerprint density at radius 1 is 1.28 bits per heavy atom. The van der Waals surface area contributed by atoms with Crippen LogP contribution in [0.25, 0.3) is 0 Å². The third kappa shape index (κ3) is 5.77. The summed E-state index contributed by atoms with van der Waals surface area (Å²) in [6.07, 6.45) is 4.46. The lowest BCUT2D eigenvalue weighted by Gasteiger charge is -2.07. The Labute approximate surface area is 120 Å². The zero-order chi connectivity index (χ0) is 13.4. The first-order valence-corrected chi connectivity index (χ1v) is 7.16. The molecule has 0 aliphatic heterocycles. The van der Waals surface area contributed by atoms with E-state index in [1.807, 2.05) is 22.6 Å². The van der Waals surface area contributed by atoms with Crippen molar-refractivity contribution in [2.75, 3.05) is 11.9 Å². The van der Waals surface area contributed by atoms with E-state index in [4.69, 9.17) is 5.73 Å². The van der Waals surface area contributed by atoms with Gasteiger partial charge in [-0.2, -0.15) is 0 Å². The van der Waals surface area contributed by atoms with Gasteiger partial charge in [-0.05, 0) is 60.2 Å². The van der Waals surface area contributed by atoms with Crippen molar-refractivity contribution >= 4 is 34.2 Å². The van der Waals surface area contributed by atoms with Crippen LogP contribution in [-0.2, 0) is 4.79 Å². The largest absolute Gasteiger partial charge is 0.330 e. The Hall–Kier alpha value is -0.690. The van der Waals surface area contributed by atoms with E-state index in [-0.39, 0.29) is 11.7 Å². The molecule has 0 radical (unpaired) electrons. The fourth-order valence-electron chi connectivity index (χ4n) is 1.59. The summed E-state index contributed by atoms with van der Waals surface area (Å²) >= 11 is 2.01. The third-order valence-corrected chi connectivity index (χ3v) is 3.46. The quantitative estimate of drug-likeness (QED) is 0.576. The molecule has 3 nitrogen and oxygen atoms in total. The number of carbonyl (C=O) groups excluding carboxylic acids is 1. The number of amides is 1. The van der Waals surface area contributed by atoms with Crippen LogP contribution in [0.2, 0.25) is 0 Å². The third-order valence-electron chi connectivity index (χ3n) is 2.56. The molecule has 5 heteroatoms. The number of hydrogen-bond donors (Lipinski definition) is 2. The summed E-state index contributed by atoms with van der Waals surface area (Å²) in [7, 11) is 0. The van der Waals surface area contributed by atoms with Gasteiger partial charge in [-0.15, -0.1) is 0 Å². The highest BCUT2D eigenvalue weighted by atomic mass is 127. The Morgan fingerprint density at radius 3 is 2.67 bits per heavy atom. The summed E-state index contributed by atoms with van der Waals surface area (Å²) in [6.45, 7) is 0.708. The first-order valence-electron chi connectivity index (χ1n) is 6.08. The van der Waals surface area contributed by atoms with Crippen LogP contribution in [0.1, 0.15) is 32.1 Å². The number of benzene rings is 1. The molecular formula is C13H18FIN2O. The monoisotopic (exact) mass is 364 g/mol. The number of nitrogens with one attached hydrogen (secondary N) is 1. The van der Waals surface area contributed by atoms with Crippen LogP contribution < -0.4 is 11.1 Å². The average Bonchev–Trinajstić information content (AvgIpc) is 2.32. The van der Waals surface area contributed by atoms with E-state index in [2.05, 4.69) is 5.32 Å². The van der Waals surface area contributed by atoms with Gasteiger partial charge in [-0.1, -0.05) is 12.8 Å². The Kier molecular flexibility index (Phi) is 7.19. The lowest BCUT2D eigenvalue weighted by atomic mass is 10.1. The summed E-state index contributed by atoms with van der Waals surface area (Å²) in [6, 6.07) is 4.33. The molecule has 1 rings (SSSR count). The number of rotatable bonds is 7. The number of halogens is 2. The molecule has 18 heavy (non-hydrogen) atoms. The van der Waals surface area contributed by atoms with Crippen molar-refractivity contribution in [1.82, 2.24) is 0 Å². The van der Waals surface area contributed by atoms with Crippen LogP contribution in [0, 0.1) is 9.39 Å². The number of nitrogens with two attached hydrogens (primary N) is 1. The van der Waals surface area contributed by atoms with Crippen LogP contribution in [0.4, 0.5) is 10.1 Å². The highest BCUT2D eigenvalue weighted by Gasteiger charge is 2.06. The van der Waals surface area contributed by atoms with Gasteiger partial charge in [0.2, 0.25) is 5.91 Å². The van der Waals surface area contributed by atoms with Gasteiger partial charge in [0.15, 0.2) is 0 Å². The molecule has 3 N–H and O–H groups in total. The summed E-state index contributed by atoms with van der Waals surface area (Å²) in [5.41, 5.74) is 6.06. The molecule has 1 amide bonds. The minimum absolute atomic E-state index is 0.0210. The van der Waals surface area contributed by atoms with Gasteiger partial charge >= 0.3 is 0 Å². The molecule has 1 aromatic carbocycles. The first-order chi connectivity index (χ1) is 8.63. The minimum Gasteiger partial charge on any atom is -0.330 e. The molecule has 0 atom stereocenters. The van der Waals surface area contributed by atoms with Gasteiger partial charge in [-0.3, -0.25) is 4.79 Å². The Morgan fingerprint density at radius 2 is 2.00 bits per heavy atom. The van der Waals surface area contributed by atoms with Crippen molar-refractivity contribution in [2.45, 2.75) is 32.1 Å². The second kappa shape index (κ2) is 8.42. The fourth-order valence-corrected chi connectivity index (χ4v) is 2.20. The molecule has 100 valence electrons. The van der Waals surface area contributed by atoms with E-state index < -0.39 is 0 Å². The first kappa shape index (κ1) is 15.4. The average molecular weight is 364 g/mol. The smallest absolute Gasteiger partial charge is 0.224 e. The van der Waals surface area contributed by atoms with E-state index in [0.29, 0.717) is 22.2 Å². The van der Waals surface area contributed by atoms with Crippen molar-refractivity contribution < 1.29 is 9.18 Å². The molecule has 0 aliphatic carbocycles. The van der Waals surface area contributed by atoms with Gasteiger partial charge in [0, 0.05) is 9.99 Å². The summed E-state index contributed by atoms with van der Waals surface area (Å²) in [5.74, 6) is -0.313. The lowest BCUT2D eigenvalue weighted by molar-refractivity contribution is -0.116. The van der Waals surface area contributed by atoms with Crippen LogP contribution in [0.3, 0.4) is 0 Å². The van der Waals surface area contributed by atoms with Gasteiger partial charge in [0.25, 0.3) is 0 Å². The number of unbranched alkanes of at least 4 members (excludes halogenated alkanes) is 3. The number of hydrogen-bond acceptors (Lipinski definition) is 2. The topological polar surface area (TPSA) is 55.1 Å². The highest BCUT2D eigenvalue weighted by molar-refractivity contribution is 14.1. The normalized spacial score (nSPS) is 10.4. The van der Waals surface area contributed by atoms with E-state index in [1.54, 1.807) is 6.07 Å². The lowest BCUT2D eigenvalue weighted by Crippen LogP contribution is -2.12. The van der Waals surface area contributed by atoms with Gasteiger partial charge in [0.05, 0.1) is 5.69 Å². The van der Waals surface area contributed by atoms with Crippen molar-refractivity contribution in [3.8, 4) is 0 Å². The molecule has 0 fully saturated rings. The molecule has 0 heterocycles. The molecule has 0 bridgehead atoms. The molecule has 0 unspecified atom stereocenters. The Balaban J connectivity index is 2.31. The molecule has 0 spiro atoms. The van der Waals surface area contributed by atoms with E-state index in [9.17, 15) is 9.18 Å². The van der Waals surface area contributed by atoms with Gasteiger partial charge < -0.3 is 11.1 Å². The Bertz CT molecular complexity index is 399. The summed E-state index contributed by atoms with van der Waals surface area (Å²) in [5, 5.41) is 2.79. The maximum Gasteiger partial charge on any atom is 0.224 e. The van der Waals surface area contributed by atoms with Crippen LogP contribution in [0.5, 0.6) is 0 Å². The minimum atomic E-state index is -0.292. The number of anilines is 1. The van der Waals surface area contributed by atoms with E-state index in [1.165, 1.54) is 12.1 Å². The summed E-state index contributed by atoms with van der Waals surface area (Å²) in [4.78, 5) is 11.6. The van der Waals surface area contributed by atoms with E-state index >= 15 is 0 Å². The molecule has 0 saturated carbocycles. The zero-order valence-corrected chi connectivity index (χ0v) is 12.4. The maximum atomic E-state index is 12.9. The molecule has 0 saturated heterocycles. The van der Waals surface area contributed by atoms with Crippen molar-refractivity contribution in [1.29, 1.82) is 0 Å². The standard InChI is InChI=1S/C13H18FIN2O/c14-10-6-7-12(11(15)9-10)17-13(18)5-3-1-2-4-8-16/h6-7,9H,1-5,8,16H2,(H,17,18). The predicted octanol–water partition coefficient (Wildman–Crippen LogP) is 3.28. The van der Waals surface area contributed by atoms with E-state index in [0.717, 1.165) is 25.7 Å². The van der Waals surface area contributed by atoms with Gasteiger partial charge in [-0.25, -0.2) is 4.39 Å². The van der Waals surface area contributed by atoms with Crippen molar-refractivity contribution in [2.24, 2.45) is 5.73 Å². The second-order valence-electron chi connectivity index (χ2n) is 4.13. The molecule has 1 aromatic rings. The van der Waals surface area contributed by atoms with Gasteiger partial charge in [0.1, 0.15) is 5.82 Å². The molecule has 0 aliphatic rings. The fraction of sp³-hybridized carbons (Fsp3) is 0.462. The predicted molar refractivity (Wildman–Crippen MR) is 79.9 cm³/mol. The van der Waals surface area contributed by atoms with Crippen molar-refractivity contribution in [3.63, 3.8) is 0 Å². The number of carbonyl (C=O) groups is 1. The molecular weight excluding hydrogens is 346 g/mol. The van der Waals surface area contributed by atoms with Crippen LogP contribution >= 0.6 is 22.6 Å². The SMILES string of the molecule is NCCCCCCC(=O)Nc1ccc(F)cc1I. The maximum absolute atomic E-state index is 12.9. The molecule has 0 aromatic heterocycles. The highest BCUT2D eigenvalue weighted by Crippen LogP contribution is 2.19. The van der Waals surface area contributed by atoms with Crippen LogP contribution in [-0.4, -0.2) is 12.5 Å².